The van der Waals surface area contributed by atoms with Crippen LogP contribution in [0.5, 0.6) is 5.75 Å². The van der Waals surface area contributed by atoms with Crippen LogP contribution >= 0.6 is 12.4 Å². The minimum atomic E-state index is -0.907. The molecule has 178 valence electrons. The molecule has 0 bridgehead atoms. The Morgan fingerprint density at radius 1 is 1.21 bits per heavy atom. The maximum absolute atomic E-state index is 10.9. The van der Waals surface area contributed by atoms with E-state index < -0.39 is 12.1 Å². The fourth-order valence-electron chi connectivity index (χ4n) is 4.50. The van der Waals surface area contributed by atoms with Gasteiger partial charge in [-0.1, -0.05) is 36.4 Å². The summed E-state index contributed by atoms with van der Waals surface area (Å²) in [7, 11) is 0. The van der Waals surface area contributed by atoms with E-state index in [1.165, 1.54) is 11.1 Å². The Hall–Kier alpha value is -2.59. The van der Waals surface area contributed by atoms with Gasteiger partial charge in [0, 0.05) is 18.5 Å². The second-order valence-electron chi connectivity index (χ2n) is 9.28. The number of hydrogen-bond donors (Lipinski definition) is 3. The van der Waals surface area contributed by atoms with Gasteiger partial charge in [-0.15, -0.1) is 12.4 Å². The molecule has 33 heavy (non-hydrogen) atoms. The van der Waals surface area contributed by atoms with E-state index >= 15 is 0 Å². The Kier molecular flexibility index (Phi) is 9.72. The van der Waals surface area contributed by atoms with Crippen LogP contribution in [0.4, 0.5) is 0 Å². The SMILES string of the molecule is CC(C)(CC1Cc2ccccc2C1)NC[C@@H](O)COc1c(C#N)cccc1CCC(=O)O.Cl. The number of aliphatic carboxylic acids is 1. The summed E-state index contributed by atoms with van der Waals surface area (Å²) in [4.78, 5) is 10.9. The molecule has 7 heteroatoms. The summed E-state index contributed by atoms with van der Waals surface area (Å²) in [6.45, 7) is 4.69. The second-order valence-corrected chi connectivity index (χ2v) is 9.28. The van der Waals surface area contributed by atoms with Gasteiger partial charge in [-0.2, -0.15) is 5.26 Å². The van der Waals surface area contributed by atoms with Crippen molar-refractivity contribution in [2.24, 2.45) is 5.92 Å². The number of rotatable bonds is 11. The first-order chi connectivity index (χ1) is 15.3. The van der Waals surface area contributed by atoms with Crippen LogP contribution in [0, 0.1) is 17.2 Å². The highest BCUT2D eigenvalue weighted by atomic mass is 35.5. The largest absolute Gasteiger partial charge is 0.489 e. The van der Waals surface area contributed by atoms with Gasteiger partial charge in [0.25, 0.3) is 0 Å². The number of carboxylic acid groups (broad SMARTS) is 1. The standard InChI is InChI=1S/C26H32N2O4.ClH/c1-26(2,14-18-12-20-6-3-4-7-21(20)13-18)28-16-23(29)17-32-25-19(10-11-24(30)31)8-5-9-22(25)15-27;/h3-9,18,23,28-29H,10-14,16-17H2,1-2H3,(H,30,31);1H/t23-;/m1./s1. The van der Waals surface area contributed by atoms with Crippen molar-refractivity contribution >= 4 is 18.4 Å². The molecule has 1 aliphatic carbocycles. The molecule has 1 atom stereocenters. The molecule has 0 aromatic heterocycles. The summed E-state index contributed by atoms with van der Waals surface area (Å²) in [5.41, 5.74) is 3.75. The minimum Gasteiger partial charge on any atom is -0.489 e. The summed E-state index contributed by atoms with van der Waals surface area (Å²) in [6.07, 6.45) is 2.66. The maximum atomic E-state index is 10.9. The topological polar surface area (TPSA) is 103 Å². The van der Waals surface area contributed by atoms with Crippen molar-refractivity contribution in [2.75, 3.05) is 13.2 Å². The van der Waals surface area contributed by atoms with Crippen LogP contribution in [0.3, 0.4) is 0 Å². The number of carboxylic acids is 1. The van der Waals surface area contributed by atoms with Crippen molar-refractivity contribution < 1.29 is 19.7 Å². The Morgan fingerprint density at radius 3 is 2.48 bits per heavy atom. The molecule has 0 spiro atoms. The Balaban J connectivity index is 0.00000385. The lowest BCUT2D eigenvalue weighted by Gasteiger charge is -2.30. The van der Waals surface area contributed by atoms with Crippen LogP contribution in [-0.4, -0.2) is 41.0 Å². The van der Waals surface area contributed by atoms with E-state index in [4.69, 9.17) is 9.84 Å². The number of hydrogen-bond acceptors (Lipinski definition) is 5. The molecular formula is C26H33ClN2O4. The smallest absolute Gasteiger partial charge is 0.303 e. The molecule has 6 nitrogen and oxygen atoms in total. The molecule has 0 fully saturated rings. The number of carbonyl (C=O) groups is 1. The van der Waals surface area contributed by atoms with E-state index in [0.29, 0.717) is 29.3 Å². The summed E-state index contributed by atoms with van der Waals surface area (Å²) in [5, 5.41) is 32.3. The first-order valence-electron chi connectivity index (χ1n) is 11.1. The van der Waals surface area contributed by atoms with E-state index in [2.05, 4.69) is 49.5 Å². The van der Waals surface area contributed by atoms with Gasteiger partial charge in [-0.25, -0.2) is 0 Å². The normalized spacial score (nSPS) is 14.1. The predicted octanol–water partition coefficient (Wildman–Crippen LogP) is 3.91. The molecule has 0 radical (unpaired) electrons. The zero-order valence-corrected chi connectivity index (χ0v) is 20.0. The van der Waals surface area contributed by atoms with Gasteiger partial charge in [0.15, 0.2) is 0 Å². The van der Waals surface area contributed by atoms with Crippen LogP contribution in [0.25, 0.3) is 0 Å². The number of fused-ring (bicyclic) bond motifs is 1. The number of aliphatic hydroxyl groups excluding tert-OH is 1. The fraction of sp³-hybridized carbons (Fsp3) is 0.462. The molecule has 0 amide bonds. The van der Waals surface area contributed by atoms with Crippen molar-refractivity contribution in [3.63, 3.8) is 0 Å². The summed E-state index contributed by atoms with van der Waals surface area (Å²) >= 11 is 0. The highest BCUT2D eigenvalue weighted by molar-refractivity contribution is 5.85. The Labute approximate surface area is 202 Å². The highest BCUT2D eigenvalue weighted by Gasteiger charge is 2.28. The third-order valence-electron chi connectivity index (χ3n) is 6.00. The molecule has 3 N–H and O–H groups in total. The van der Waals surface area contributed by atoms with Gasteiger partial charge >= 0.3 is 5.97 Å². The molecular weight excluding hydrogens is 440 g/mol. The zero-order valence-electron chi connectivity index (χ0n) is 19.2. The lowest BCUT2D eigenvalue weighted by molar-refractivity contribution is -0.136. The Bertz CT molecular complexity index is 961. The van der Waals surface area contributed by atoms with Gasteiger partial charge in [0.05, 0.1) is 5.56 Å². The number of para-hydroxylation sites is 1. The van der Waals surface area contributed by atoms with Crippen LogP contribution in [-0.2, 0) is 24.1 Å². The number of benzene rings is 2. The van der Waals surface area contributed by atoms with E-state index in [1.54, 1.807) is 18.2 Å². The zero-order chi connectivity index (χ0) is 23.1. The van der Waals surface area contributed by atoms with Crippen molar-refractivity contribution in [1.29, 1.82) is 5.26 Å². The molecule has 0 saturated carbocycles. The third-order valence-corrected chi connectivity index (χ3v) is 6.00. The van der Waals surface area contributed by atoms with E-state index in [0.717, 1.165) is 19.3 Å². The first kappa shape index (κ1) is 26.7. The number of ether oxygens (including phenoxy) is 1. The maximum Gasteiger partial charge on any atom is 0.303 e. The molecule has 0 aliphatic heterocycles. The van der Waals surface area contributed by atoms with E-state index in [-0.39, 0.29) is 37.4 Å². The van der Waals surface area contributed by atoms with Crippen LogP contribution < -0.4 is 10.1 Å². The number of nitrogens with one attached hydrogen (secondary N) is 1. The van der Waals surface area contributed by atoms with Gasteiger partial charge < -0.3 is 20.3 Å². The van der Waals surface area contributed by atoms with Crippen LogP contribution in [0.2, 0.25) is 0 Å². The first-order valence-corrected chi connectivity index (χ1v) is 11.1. The number of nitriles is 1. The van der Waals surface area contributed by atoms with Gasteiger partial charge in [0.1, 0.15) is 24.5 Å². The number of aliphatic hydroxyl groups is 1. The van der Waals surface area contributed by atoms with E-state index in [9.17, 15) is 15.2 Å². The predicted molar refractivity (Wildman–Crippen MR) is 130 cm³/mol. The molecule has 2 aromatic carbocycles. The Morgan fingerprint density at radius 2 is 1.88 bits per heavy atom. The third kappa shape index (κ3) is 7.75. The number of halogens is 1. The van der Waals surface area contributed by atoms with Crippen LogP contribution in [0.1, 0.15) is 48.9 Å². The van der Waals surface area contributed by atoms with Gasteiger partial charge in [0.2, 0.25) is 0 Å². The molecule has 2 aromatic rings. The molecule has 3 rings (SSSR count). The van der Waals surface area contributed by atoms with Crippen LogP contribution in [0.15, 0.2) is 42.5 Å². The molecule has 0 unspecified atom stereocenters. The van der Waals surface area contributed by atoms with Gasteiger partial charge in [-0.05, 0) is 68.2 Å². The lowest BCUT2D eigenvalue weighted by Crippen LogP contribution is -2.46. The van der Waals surface area contributed by atoms with Crippen molar-refractivity contribution in [1.82, 2.24) is 5.32 Å². The number of aryl methyl sites for hydroxylation is 1. The molecule has 1 aliphatic rings. The summed E-state index contributed by atoms with van der Waals surface area (Å²) in [5.74, 6) is 0.0380. The molecule has 0 saturated heterocycles. The second kappa shape index (κ2) is 12.0. The molecule has 0 heterocycles. The van der Waals surface area contributed by atoms with Crippen molar-refractivity contribution in [2.45, 2.75) is 57.6 Å². The van der Waals surface area contributed by atoms with Crippen molar-refractivity contribution in [3.05, 3.63) is 64.7 Å². The lowest BCUT2D eigenvalue weighted by atomic mass is 9.88. The number of nitrogens with zero attached hydrogens (tertiary/aromatic N) is 1. The van der Waals surface area contributed by atoms with E-state index in [1.807, 2.05) is 0 Å². The summed E-state index contributed by atoms with van der Waals surface area (Å²) < 4.78 is 5.79. The van der Waals surface area contributed by atoms with Crippen molar-refractivity contribution in [3.8, 4) is 11.8 Å². The number of β-amino-alcohol motifs (C(OH)–C–C–N with tert-alkyl or cyclic N) is 1. The monoisotopic (exact) mass is 472 g/mol. The quantitative estimate of drug-likeness (QED) is 0.458. The average Bonchev–Trinajstić information content (AvgIpc) is 3.16. The highest BCUT2D eigenvalue weighted by Crippen LogP contribution is 2.32. The summed E-state index contributed by atoms with van der Waals surface area (Å²) in [6, 6.07) is 15.8. The minimum absolute atomic E-state index is 0. The average molecular weight is 473 g/mol. The van der Waals surface area contributed by atoms with Gasteiger partial charge in [-0.3, -0.25) is 4.79 Å². The fourth-order valence-corrected chi connectivity index (χ4v) is 4.50.